The number of anilines is 1. The van der Waals surface area contributed by atoms with Crippen molar-refractivity contribution in [3.05, 3.63) is 59.0 Å². The van der Waals surface area contributed by atoms with Crippen molar-refractivity contribution < 1.29 is 18.0 Å². The Bertz CT molecular complexity index is 1030. The summed E-state index contributed by atoms with van der Waals surface area (Å²) in [7, 11) is 0. The Morgan fingerprint density at radius 1 is 1.26 bits per heavy atom. The molecule has 1 N–H and O–H groups in total. The zero-order valence-corrected chi connectivity index (χ0v) is 14.4. The zero-order valence-electron chi connectivity index (χ0n) is 14.4. The van der Waals surface area contributed by atoms with E-state index in [2.05, 4.69) is 15.4 Å². The van der Waals surface area contributed by atoms with Crippen LogP contribution in [0.4, 0.5) is 23.7 Å². The molecule has 2 amide bonds. The first-order valence-corrected chi connectivity index (χ1v) is 8.38. The van der Waals surface area contributed by atoms with Crippen LogP contribution in [0.15, 0.2) is 36.5 Å². The van der Waals surface area contributed by atoms with Crippen LogP contribution in [0.2, 0.25) is 0 Å². The van der Waals surface area contributed by atoms with E-state index in [1.165, 1.54) is 23.1 Å². The number of nitrogens with zero attached hydrogens (tertiary/aromatic N) is 4. The number of alkyl halides is 3. The summed E-state index contributed by atoms with van der Waals surface area (Å²) >= 11 is 0. The molecule has 0 atom stereocenters. The van der Waals surface area contributed by atoms with Crippen LogP contribution in [0, 0.1) is 6.92 Å². The van der Waals surface area contributed by atoms with Crippen molar-refractivity contribution in [1.29, 1.82) is 0 Å². The third-order valence-corrected chi connectivity index (χ3v) is 4.53. The quantitative estimate of drug-likeness (QED) is 0.706. The van der Waals surface area contributed by atoms with Crippen molar-refractivity contribution in [3.63, 3.8) is 0 Å². The molecule has 27 heavy (non-hydrogen) atoms. The van der Waals surface area contributed by atoms with E-state index in [9.17, 15) is 18.0 Å². The fraction of sp³-hybridized carbons (Fsp3) is 0.278. The van der Waals surface area contributed by atoms with E-state index in [1.807, 2.05) is 13.0 Å². The van der Waals surface area contributed by atoms with Crippen LogP contribution in [0.3, 0.4) is 0 Å². The van der Waals surface area contributed by atoms with Gasteiger partial charge in [-0.1, -0.05) is 12.1 Å². The highest BCUT2D eigenvalue weighted by molar-refractivity contribution is 5.90. The minimum absolute atomic E-state index is 0.253. The number of carbonyl (C=O) groups excluding carboxylic acids is 1. The topological polar surface area (TPSA) is 62.5 Å². The van der Waals surface area contributed by atoms with Crippen LogP contribution in [-0.4, -0.2) is 32.1 Å². The van der Waals surface area contributed by atoms with E-state index in [1.54, 1.807) is 10.7 Å². The molecule has 1 aliphatic heterocycles. The summed E-state index contributed by atoms with van der Waals surface area (Å²) in [5, 5.41) is 6.80. The number of amides is 2. The molecule has 1 aromatic carbocycles. The van der Waals surface area contributed by atoms with Gasteiger partial charge in [0, 0.05) is 30.8 Å². The number of benzene rings is 1. The first kappa shape index (κ1) is 17.3. The van der Waals surface area contributed by atoms with Crippen molar-refractivity contribution in [3.8, 4) is 0 Å². The molecule has 0 saturated heterocycles. The maximum absolute atomic E-state index is 13.1. The van der Waals surface area contributed by atoms with Crippen LogP contribution in [0.5, 0.6) is 0 Å². The molecule has 0 aliphatic carbocycles. The molecule has 0 fully saturated rings. The van der Waals surface area contributed by atoms with Crippen molar-refractivity contribution in [2.45, 2.75) is 26.1 Å². The molecule has 0 unspecified atom stereocenters. The van der Waals surface area contributed by atoms with E-state index in [0.29, 0.717) is 13.0 Å². The highest BCUT2D eigenvalue weighted by Crippen LogP contribution is 2.34. The largest absolute Gasteiger partial charge is 0.418 e. The lowest BCUT2D eigenvalue weighted by molar-refractivity contribution is -0.136. The fourth-order valence-electron chi connectivity index (χ4n) is 3.26. The van der Waals surface area contributed by atoms with Crippen molar-refractivity contribution in [2.24, 2.45) is 0 Å². The number of aryl methyl sites for hydroxylation is 1. The standard InChI is InChI=1S/C18H16F3N5O/c1-11-8-16-22-9-12-10-25(7-6-15(12)26(16)24-11)17(27)23-14-5-3-2-4-13(14)18(19,20)21/h2-5,8-9H,6-7,10H2,1H3,(H,23,27). The number of aromatic nitrogens is 3. The molecule has 0 saturated carbocycles. The van der Waals surface area contributed by atoms with Crippen LogP contribution in [-0.2, 0) is 19.1 Å². The van der Waals surface area contributed by atoms with Gasteiger partial charge in [-0.05, 0) is 19.1 Å². The molecular weight excluding hydrogens is 359 g/mol. The number of urea groups is 1. The second-order valence-corrected chi connectivity index (χ2v) is 6.43. The number of halogens is 3. The van der Waals surface area contributed by atoms with Gasteiger partial charge in [-0.25, -0.2) is 14.3 Å². The predicted octanol–water partition coefficient (Wildman–Crippen LogP) is 3.65. The first-order valence-electron chi connectivity index (χ1n) is 8.38. The Kier molecular flexibility index (Phi) is 4.01. The first-order chi connectivity index (χ1) is 12.8. The van der Waals surface area contributed by atoms with Gasteiger partial charge >= 0.3 is 12.2 Å². The molecule has 1 aliphatic rings. The minimum Gasteiger partial charge on any atom is -0.320 e. The molecule has 2 aromatic heterocycles. The Morgan fingerprint density at radius 3 is 2.81 bits per heavy atom. The Morgan fingerprint density at radius 2 is 2.04 bits per heavy atom. The molecule has 0 bridgehead atoms. The van der Waals surface area contributed by atoms with E-state index < -0.39 is 17.8 Å². The Labute approximate surface area is 152 Å². The van der Waals surface area contributed by atoms with E-state index in [-0.39, 0.29) is 12.2 Å². The minimum atomic E-state index is -4.54. The number of hydrogen-bond acceptors (Lipinski definition) is 3. The lowest BCUT2D eigenvalue weighted by Crippen LogP contribution is -2.40. The third-order valence-electron chi connectivity index (χ3n) is 4.53. The van der Waals surface area contributed by atoms with Gasteiger partial charge in [0.25, 0.3) is 0 Å². The average Bonchev–Trinajstić information content (AvgIpc) is 3.01. The predicted molar refractivity (Wildman–Crippen MR) is 92.3 cm³/mol. The zero-order chi connectivity index (χ0) is 19.2. The Balaban J connectivity index is 1.56. The van der Waals surface area contributed by atoms with Crippen LogP contribution < -0.4 is 5.32 Å². The lowest BCUT2D eigenvalue weighted by atomic mass is 10.1. The van der Waals surface area contributed by atoms with Gasteiger partial charge in [0.1, 0.15) is 0 Å². The van der Waals surface area contributed by atoms with Gasteiger partial charge in [0.15, 0.2) is 5.65 Å². The maximum atomic E-state index is 13.1. The number of para-hydroxylation sites is 1. The number of fused-ring (bicyclic) bond motifs is 3. The highest BCUT2D eigenvalue weighted by Gasteiger charge is 2.34. The number of carbonyl (C=O) groups is 1. The molecule has 3 heterocycles. The molecule has 6 nitrogen and oxygen atoms in total. The van der Waals surface area contributed by atoms with E-state index in [0.717, 1.165) is 28.7 Å². The normalized spacial score (nSPS) is 14.3. The lowest BCUT2D eigenvalue weighted by Gasteiger charge is -2.29. The molecule has 140 valence electrons. The SMILES string of the molecule is Cc1cc2ncc3c(n2n1)CCN(C(=O)Nc1ccccc1C(F)(F)F)C3. The number of hydrogen-bond donors (Lipinski definition) is 1. The van der Waals surface area contributed by atoms with Gasteiger partial charge in [0.2, 0.25) is 0 Å². The fourth-order valence-corrected chi connectivity index (χ4v) is 3.26. The van der Waals surface area contributed by atoms with Gasteiger partial charge in [-0.15, -0.1) is 0 Å². The van der Waals surface area contributed by atoms with Gasteiger partial charge in [0.05, 0.1) is 29.2 Å². The van der Waals surface area contributed by atoms with Crippen molar-refractivity contribution >= 4 is 17.4 Å². The van der Waals surface area contributed by atoms with E-state index >= 15 is 0 Å². The van der Waals surface area contributed by atoms with Crippen molar-refractivity contribution in [2.75, 3.05) is 11.9 Å². The van der Waals surface area contributed by atoms with Gasteiger partial charge in [-0.2, -0.15) is 18.3 Å². The molecule has 9 heteroatoms. The maximum Gasteiger partial charge on any atom is 0.418 e. The number of rotatable bonds is 1. The molecule has 0 spiro atoms. The van der Waals surface area contributed by atoms with Crippen molar-refractivity contribution in [1.82, 2.24) is 19.5 Å². The summed E-state index contributed by atoms with van der Waals surface area (Å²) in [6.45, 7) is 2.52. The second kappa shape index (κ2) is 6.26. The second-order valence-electron chi connectivity index (χ2n) is 6.43. The summed E-state index contributed by atoms with van der Waals surface area (Å²) < 4.78 is 41.1. The van der Waals surface area contributed by atoms with E-state index in [4.69, 9.17) is 0 Å². The van der Waals surface area contributed by atoms with Gasteiger partial charge < -0.3 is 10.2 Å². The molecule has 3 aromatic rings. The average molecular weight is 375 g/mol. The van der Waals surface area contributed by atoms with Crippen LogP contribution in [0.25, 0.3) is 5.65 Å². The Hall–Kier alpha value is -3.10. The van der Waals surface area contributed by atoms with Crippen LogP contribution in [0.1, 0.15) is 22.5 Å². The monoisotopic (exact) mass is 375 g/mol. The summed E-state index contributed by atoms with van der Waals surface area (Å²) in [5.41, 5.74) is 2.26. The summed E-state index contributed by atoms with van der Waals surface area (Å²) in [6, 6.07) is 6.23. The molecule has 0 radical (unpaired) electrons. The number of nitrogens with one attached hydrogen (secondary N) is 1. The summed E-state index contributed by atoms with van der Waals surface area (Å²) in [5.74, 6) is 0. The third kappa shape index (κ3) is 3.20. The molecule has 4 rings (SSSR count). The van der Waals surface area contributed by atoms with Crippen LogP contribution >= 0.6 is 0 Å². The molecular formula is C18H16F3N5O. The van der Waals surface area contributed by atoms with Gasteiger partial charge in [-0.3, -0.25) is 0 Å². The smallest absolute Gasteiger partial charge is 0.320 e. The highest BCUT2D eigenvalue weighted by atomic mass is 19.4. The summed E-state index contributed by atoms with van der Waals surface area (Å²) in [4.78, 5) is 18.3. The summed E-state index contributed by atoms with van der Waals surface area (Å²) in [6.07, 6.45) is -2.30.